The van der Waals surface area contributed by atoms with Crippen LogP contribution in [0.1, 0.15) is 32.5 Å². The Balaban J connectivity index is 2.47. The minimum Gasteiger partial charge on any atom is -0.297 e. The van der Waals surface area contributed by atoms with Crippen LogP contribution in [0, 0.1) is 4.77 Å². The van der Waals surface area contributed by atoms with Gasteiger partial charge in [0.25, 0.3) is 0 Å². The summed E-state index contributed by atoms with van der Waals surface area (Å²) in [7, 11) is -2.94. The zero-order chi connectivity index (χ0) is 12.7. The summed E-state index contributed by atoms with van der Waals surface area (Å²) in [4.78, 5) is 0. The Morgan fingerprint density at radius 1 is 1.59 bits per heavy atom. The van der Waals surface area contributed by atoms with Crippen molar-refractivity contribution in [2.75, 3.05) is 11.5 Å². The van der Waals surface area contributed by atoms with E-state index in [1.54, 1.807) is 0 Å². The molecule has 1 N–H and O–H groups in total. The second-order valence-electron chi connectivity index (χ2n) is 4.87. The molecule has 0 bridgehead atoms. The van der Waals surface area contributed by atoms with Gasteiger partial charge in [-0.3, -0.25) is 9.67 Å². The van der Waals surface area contributed by atoms with E-state index in [0.717, 1.165) is 18.7 Å². The van der Waals surface area contributed by atoms with Crippen molar-refractivity contribution in [1.82, 2.24) is 14.8 Å². The van der Waals surface area contributed by atoms with Crippen molar-refractivity contribution in [3.8, 4) is 0 Å². The Morgan fingerprint density at radius 3 is 2.82 bits per heavy atom. The standard InChI is InChI=1S/C10H17N3O2S2/c1-3-4-8-11-12-9(16)13(8)10(2)5-6-17(14,15)7-10/h3-7H2,1-2H3,(H,12,16). The molecular weight excluding hydrogens is 258 g/mol. The minimum atomic E-state index is -2.94. The van der Waals surface area contributed by atoms with Gasteiger partial charge in [-0.25, -0.2) is 8.42 Å². The molecule has 7 heteroatoms. The van der Waals surface area contributed by atoms with Crippen molar-refractivity contribution in [2.45, 2.75) is 38.6 Å². The molecule has 0 saturated carbocycles. The Bertz CT molecular complexity index is 573. The highest BCUT2D eigenvalue weighted by atomic mass is 32.2. The molecule has 17 heavy (non-hydrogen) atoms. The molecular formula is C10H17N3O2S2. The highest BCUT2D eigenvalue weighted by Crippen LogP contribution is 2.31. The van der Waals surface area contributed by atoms with Gasteiger partial charge in [0.2, 0.25) is 0 Å². The van der Waals surface area contributed by atoms with Gasteiger partial charge in [0, 0.05) is 6.42 Å². The lowest BCUT2D eigenvalue weighted by molar-refractivity contribution is 0.348. The number of aryl methyl sites for hydroxylation is 1. The molecule has 1 atom stereocenters. The minimum absolute atomic E-state index is 0.157. The number of nitrogens with zero attached hydrogens (tertiary/aromatic N) is 2. The molecule has 0 spiro atoms. The summed E-state index contributed by atoms with van der Waals surface area (Å²) in [5.41, 5.74) is -0.437. The third-order valence-corrected chi connectivity index (χ3v) is 5.40. The van der Waals surface area contributed by atoms with Gasteiger partial charge < -0.3 is 0 Å². The predicted molar refractivity (Wildman–Crippen MR) is 68.3 cm³/mol. The molecule has 1 unspecified atom stereocenters. The second-order valence-corrected chi connectivity index (χ2v) is 7.44. The van der Waals surface area contributed by atoms with Gasteiger partial charge in [0.05, 0.1) is 17.0 Å². The quantitative estimate of drug-likeness (QED) is 0.847. The first-order valence-corrected chi connectivity index (χ1v) is 7.98. The summed E-state index contributed by atoms with van der Waals surface area (Å²) in [6, 6.07) is 0. The monoisotopic (exact) mass is 275 g/mol. The molecule has 0 radical (unpaired) electrons. The Morgan fingerprint density at radius 2 is 2.29 bits per heavy atom. The topological polar surface area (TPSA) is 67.8 Å². The van der Waals surface area contributed by atoms with E-state index < -0.39 is 15.4 Å². The van der Waals surface area contributed by atoms with Crippen LogP contribution in [0.2, 0.25) is 0 Å². The van der Waals surface area contributed by atoms with Crippen LogP contribution >= 0.6 is 12.2 Å². The van der Waals surface area contributed by atoms with E-state index in [1.807, 2.05) is 11.5 Å². The molecule has 2 rings (SSSR count). The highest BCUT2D eigenvalue weighted by Gasteiger charge is 2.41. The number of aromatic amines is 1. The number of H-pyrrole nitrogens is 1. The largest absolute Gasteiger partial charge is 0.297 e. The molecule has 5 nitrogen and oxygen atoms in total. The first kappa shape index (κ1) is 12.8. The summed E-state index contributed by atoms with van der Waals surface area (Å²) in [5.74, 6) is 1.25. The Kier molecular flexibility index (Phi) is 3.15. The molecule has 1 aliphatic rings. The van der Waals surface area contributed by atoms with Crippen LogP contribution in [0.5, 0.6) is 0 Å². The van der Waals surface area contributed by atoms with Crippen molar-refractivity contribution in [3.05, 3.63) is 10.6 Å². The first-order chi connectivity index (χ1) is 7.88. The predicted octanol–water partition coefficient (Wildman–Crippen LogP) is 1.43. The SMILES string of the molecule is CCCc1n[nH]c(=S)n1C1(C)CCS(=O)(=O)C1. The van der Waals surface area contributed by atoms with E-state index in [1.165, 1.54) is 0 Å². The molecule has 1 saturated heterocycles. The van der Waals surface area contributed by atoms with Gasteiger partial charge in [0.15, 0.2) is 14.6 Å². The molecule has 0 aromatic carbocycles. The lowest BCUT2D eigenvalue weighted by atomic mass is 10.0. The summed E-state index contributed by atoms with van der Waals surface area (Å²) >= 11 is 5.22. The maximum Gasteiger partial charge on any atom is 0.195 e. The third kappa shape index (κ3) is 2.30. The molecule has 96 valence electrons. The van der Waals surface area contributed by atoms with Crippen LogP contribution in [0.4, 0.5) is 0 Å². The van der Waals surface area contributed by atoms with E-state index in [2.05, 4.69) is 17.1 Å². The number of aromatic nitrogens is 3. The normalized spacial score (nSPS) is 27.4. The molecule has 1 aromatic heterocycles. The summed E-state index contributed by atoms with van der Waals surface area (Å²) in [6.07, 6.45) is 2.38. The smallest absolute Gasteiger partial charge is 0.195 e. The summed E-state index contributed by atoms with van der Waals surface area (Å²) < 4.78 is 25.7. The number of rotatable bonds is 3. The number of nitrogens with one attached hydrogen (secondary N) is 1. The van der Waals surface area contributed by atoms with E-state index in [0.29, 0.717) is 11.2 Å². The van der Waals surface area contributed by atoms with E-state index in [-0.39, 0.29) is 11.5 Å². The van der Waals surface area contributed by atoms with Gasteiger partial charge in [-0.15, -0.1) is 0 Å². The van der Waals surface area contributed by atoms with E-state index in [4.69, 9.17) is 12.2 Å². The lowest BCUT2D eigenvalue weighted by Crippen LogP contribution is -2.33. The zero-order valence-corrected chi connectivity index (χ0v) is 11.7. The van der Waals surface area contributed by atoms with Crippen molar-refractivity contribution in [2.24, 2.45) is 0 Å². The molecule has 1 aromatic rings. The number of sulfone groups is 1. The van der Waals surface area contributed by atoms with Crippen LogP contribution in [0.25, 0.3) is 0 Å². The number of hydrogen-bond acceptors (Lipinski definition) is 4. The van der Waals surface area contributed by atoms with Crippen molar-refractivity contribution in [3.63, 3.8) is 0 Å². The lowest BCUT2D eigenvalue weighted by Gasteiger charge is -2.25. The Labute approximate surface area is 106 Å². The molecule has 0 amide bonds. The van der Waals surface area contributed by atoms with Crippen molar-refractivity contribution in [1.29, 1.82) is 0 Å². The van der Waals surface area contributed by atoms with Crippen molar-refractivity contribution >= 4 is 22.1 Å². The third-order valence-electron chi connectivity index (χ3n) is 3.24. The molecule has 2 heterocycles. The second kappa shape index (κ2) is 4.20. The zero-order valence-electron chi connectivity index (χ0n) is 10.1. The van der Waals surface area contributed by atoms with E-state index in [9.17, 15) is 8.42 Å². The highest BCUT2D eigenvalue weighted by molar-refractivity contribution is 7.91. The number of hydrogen-bond donors (Lipinski definition) is 1. The van der Waals surface area contributed by atoms with Gasteiger partial charge in [-0.1, -0.05) is 6.92 Å². The van der Waals surface area contributed by atoms with Gasteiger partial charge in [-0.05, 0) is 32.0 Å². The first-order valence-electron chi connectivity index (χ1n) is 5.75. The van der Waals surface area contributed by atoms with Crippen LogP contribution < -0.4 is 0 Å². The fourth-order valence-electron chi connectivity index (χ4n) is 2.45. The average molecular weight is 275 g/mol. The van der Waals surface area contributed by atoms with Crippen LogP contribution in [-0.2, 0) is 21.8 Å². The van der Waals surface area contributed by atoms with Crippen molar-refractivity contribution < 1.29 is 8.42 Å². The van der Waals surface area contributed by atoms with Crippen LogP contribution in [0.3, 0.4) is 0 Å². The van der Waals surface area contributed by atoms with Gasteiger partial charge in [-0.2, -0.15) is 5.10 Å². The van der Waals surface area contributed by atoms with Crippen LogP contribution in [0.15, 0.2) is 0 Å². The fraction of sp³-hybridized carbons (Fsp3) is 0.800. The summed E-state index contributed by atoms with van der Waals surface area (Å²) in [5, 5.41) is 6.97. The van der Waals surface area contributed by atoms with E-state index >= 15 is 0 Å². The van der Waals surface area contributed by atoms with Gasteiger partial charge in [0.1, 0.15) is 5.82 Å². The maximum absolute atomic E-state index is 11.6. The average Bonchev–Trinajstić information content (AvgIpc) is 2.70. The summed E-state index contributed by atoms with van der Waals surface area (Å²) in [6.45, 7) is 4.01. The Hall–Kier alpha value is -0.690. The molecule has 0 aliphatic carbocycles. The fourth-order valence-corrected chi connectivity index (χ4v) is 4.93. The van der Waals surface area contributed by atoms with Crippen LogP contribution in [-0.4, -0.2) is 34.7 Å². The molecule has 1 aliphatic heterocycles. The van der Waals surface area contributed by atoms with Gasteiger partial charge >= 0.3 is 0 Å². The maximum atomic E-state index is 11.6. The molecule has 1 fully saturated rings.